The molecule has 1 amide bonds. The Labute approximate surface area is 104 Å². The molecule has 3 N–H and O–H groups in total. The van der Waals surface area contributed by atoms with E-state index in [4.69, 9.17) is 26.8 Å². The number of nitrogens with two attached hydrogens (primary N) is 1. The van der Waals surface area contributed by atoms with E-state index >= 15 is 0 Å². The molecule has 0 saturated carbocycles. The lowest BCUT2D eigenvalue weighted by Gasteiger charge is -2.11. The first-order chi connectivity index (χ1) is 8.19. The third-order valence-corrected chi connectivity index (χ3v) is 2.70. The van der Waals surface area contributed by atoms with Gasteiger partial charge in [-0.15, -0.1) is 0 Å². The smallest absolute Gasteiger partial charge is 0.407 e. The molecule has 1 fully saturated rings. The molecule has 2 rings (SSSR count). The summed E-state index contributed by atoms with van der Waals surface area (Å²) in [7, 11) is 0. The zero-order chi connectivity index (χ0) is 12.3. The van der Waals surface area contributed by atoms with Gasteiger partial charge in [-0.3, -0.25) is 0 Å². The minimum atomic E-state index is -0.414. The van der Waals surface area contributed by atoms with E-state index in [1.807, 2.05) is 6.07 Å². The Morgan fingerprint density at radius 3 is 3.00 bits per heavy atom. The second kappa shape index (κ2) is 5.25. The van der Waals surface area contributed by atoms with Crippen LogP contribution in [0.2, 0.25) is 5.02 Å². The van der Waals surface area contributed by atoms with E-state index in [2.05, 4.69) is 5.32 Å². The summed E-state index contributed by atoms with van der Waals surface area (Å²) in [6.07, 6.45) is -0.684. The molecular formula is C11H13ClN2O3. The van der Waals surface area contributed by atoms with Crippen LogP contribution < -0.4 is 15.8 Å². The van der Waals surface area contributed by atoms with Crippen LogP contribution in [0.4, 0.5) is 4.79 Å². The van der Waals surface area contributed by atoms with Crippen molar-refractivity contribution in [2.45, 2.75) is 12.6 Å². The van der Waals surface area contributed by atoms with Crippen LogP contribution in [0, 0.1) is 0 Å². The summed E-state index contributed by atoms with van der Waals surface area (Å²) in [6.45, 7) is 1.17. The van der Waals surface area contributed by atoms with Crippen molar-refractivity contribution in [3.05, 3.63) is 28.8 Å². The van der Waals surface area contributed by atoms with Gasteiger partial charge in [0.15, 0.2) is 6.10 Å². The SMILES string of the molecule is NCc1ccc(OCC2CNC(=O)O2)c(Cl)c1. The average molecular weight is 257 g/mol. The Kier molecular flexibility index (Phi) is 3.71. The van der Waals surface area contributed by atoms with Gasteiger partial charge in [0.05, 0.1) is 11.6 Å². The number of hydrogen-bond donors (Lipinski definition) is 2. The van der Waals surface area contributed by atoms with Crippen molar-refractivity contribution < 1.29 is 14.3 Å². The predicted octanol–water partition coefficient (Wildman–Crippen LogP) is 1.29. The predicted molar refractivity (Wildman–Crippen MR) is 63.1 cm³/mol. The molecule has 92 valence electrons. The second-order valence-electron chi connectivity index (χ2n) is 3.69. The zero-order valence-electron chi connectivity index (χ0n) is 9.11. The molecule has 0 radical (unpaired) electrons. The van der Waals surface area contributed by atoms with Crippen molar-refractivity contribution in [3.63, 3.8) is 0 Å². The van der Waals surface area contributed by atoms with E-state index in [9.17, 15) is 4.79 Å². The van der Waals surface area contributed by atoms with Crippen LogP contribution in [0.25, 0.3) is 0 Å². The maximum absolute atomic E-state index is 10.8. The van der Waals surface area contributed by atoms with Gasteiger partial charge in [0, 0.05) is 6.54 Å². The Balaban J connectivity index is 1.92. The normalized spacial score (nSPS) is 18.7. The first kappa shape index (κ1) is 12.0. The Hall–Kier alpha value is -1.46. The van der Waals surface area contributed by atoms with Gasteiger partial charge < -0.3 is 20.5 Å². The van der Waals surface area contributed by atoms with Crippen LogP contribution in [0.1, 0.15) is 5.56 Å². The summed E-state index contributed by atoms with van der Waals surface area (Å²) in [6, 6.07) is 5.37. The topological polar surface area (TPSA) is 73.6 Å². The number of cyclic esters (lactones) is 1. The largest absolute Gasteiger partial charge is 0.488 e. The van der Waals surface area contributed by atoms with Crippen LogP contribution in [0.3, 0.4) is 0 Å². The molecule has 1 aromatic carbocycles. The number of carbonyl (C=O) groups is 1. The Morgan fingerprint density at radius 2 is 2.41 bits per heavy atom. The number of ether oxygens (including phenoxy) is 2. The van der Waals surface area contributed by atoms with Crippen LogP contribution in [0.15, 0.2) is 18.2 Å². The average Bonchev–Trinajstić information content (AvgIpc) is 2.73. The molecule has 0 aliphatic carbocycles. The molecule has 0 bridgehead atoms. The lowest BCUT2D eigenvalue weighted by Crippen LogP contribution is -2.22. The maximum atomic E-state index is 10.8. The van der Waals surface area contributed by atoms with Crippen molar-refractivity contribution in [2.24, 2.45) is 5.73 Å². The minimum absolute atomic E-state index is 0.271. The lowest BCUT2D eigenvalue weighted by atomic mass is 10.2. The molecule has 6 heteroatoms. The van der Waals surface area contributed by atoms with Gasteiger partial charge in [-0.2, -0.15) is 0 Å². The van der Waals surface area contributed by atoms with Gasteiger partial charge in [0.2, 0.25) is 0 Å². The van der Waals surface area contributed by atoms with Crippen LogP contribution in [-0.2, 0) is 11.3 Å². The highest BCUT2D eigenvalue weighted by atomic mass is 35.5. The Bertz CT molecular complexity index is 425. The summed E-state index contributed by atoms with van der Waals surface area (Å²) >= 11 is 6.02. The van der Waals surface area contributed by atoms with Crippen LogP contribution in [-0.4, -0.2) is 25.3 Å². The van der Waals surface area contributed by atoms with Crippen LogP contribution >= 0.6 is 11.6 Å². The molecule has 0 spiro atoms. The number of carbonyl (C=O) groups excluding carboxylic acids is 1. The summed E-state index contributed by atoms with van der Waals surface area (Å²) in [4.78, 5) is 10.8. The fourth-order valence-corrected chi connectivity index (χ4v) is 1.75. The van der Waals surface area contributed by atoms with E-state index in [0.29, 0.717) is 23.9 Å². The van der Waals surface area contributed by atoms with Gasteiger partial charge in [0.25, 0.3) is 0 Å². The summed E-state index contributed by atoms with van der Waals surface area (Å²) < 4.78 is 10.4. The number of halogens is 1. The van der Waals surface area contributed by atoms with Crippen molar-refractivity contribution in [1.29, 1.82) is 0 Å². The summed E-state index contributed by atoms with van der Waals surface area (Å²) in [5.41, 5.74) is 6.43. The molecule has 1 atom stereocenters. The second-order valence-corrected chi connectivity index (χ2v) is 4.10. The molecule has 5 nitrogen and oxygen atoms in total. The van der Waals surface area contributed by atoms with E-state index < -0.39 is 6.09 Å². The van der Waals surface area contributed by atoms with E-state index in [1.165, 1.54) is 0 Å². The highest BCUT2D eigenvalue weighted by Gasteiger charge is 2.23. The number of alkyl carbamates (subject to hydrolysis) is 1. The van der Waals surface area contributed by atoms with E-state index in [0.717, 1.165) is 5.56 Å². The van der Waals surface area contributed by atoms with Crippen molar-refractivity contribution >= 4 is 17.7 Å². The van der Waals surface area contributed by atoms with Gasteiger partial charge in [-0.05, 0) is 17.7 Å². The molecule has 1 aliphatic rings. The van der Waals surface area contributed by atoms with Gasteiger partial charge in [-0.1, -0.05) is 17.7 Å². The molecule has 0 aromatic heterocycles. The summed E-state index contributed by atoms with van der Waals surface area (Å²) in [5.74, 6) is 0.562. The van der Waals surface area contributed by atoms with Gasteiger partial charge in [0.1, 0.15) is 12.4 Å². The fourth-order valence-electron chi connectivity index (χ4n) is 1.50. The standard InChI is InChI=1S/C11H13ClN2O3/c12-9-3-7(4-13)1-2-10(9)16-6-8-5-14-11(15)17-8/h1-3,8H,4-6,13H2,(H,14,15). The third-order valence-electron chi connectivity index (χ3n) is 2.40. The quantitative estimate of drug-likeness (QED) is 0.851. The number of hydrogen-bond acceptors (Lipinski definition) is 4. The number of rotatable bonds is 4. The first-order valence-corrected chi connectivity index (χ1v) is 5.62. The monoisotopic (exact) mass is 256 g/mol. The molecule has 1 unspecified atom stereocenters. The first-order valence-electron chi connectivity index (χ1n) is 5.25. The van der Waals surface area contributed by atoms with Gasteiger partial charge in [-0.25, -0.2) is 4.79 Å². The Morgan fingerprint density at radius 1 is 1.59 bits per heavy atom. The minimum Gasteiger partial charge on any atom is -0.488 e. The third kappa shape index (κ3) is 3.01. The maximum Gasteiger partial charge on any atom is 0.407 e. The summed E-state index contributed by atoms with van der Waals surface area (Å²) in [5, 5.41) is 3.05. The van der Waals surface area contributed by atoms with E-state index in [1.54, 1.807) is 12.1 Å². The highest BCUT2D eigenvalue weighted by molar-refractivity contribution is 6.32. The van der Waals surface area contributed by atoms with Crippen molar-refractivity contribution in [1.82, 2.24) is 5.32 Å². The molecule has 1 heterocycles. The fraction of sp³-hybridized carbons (Fsp3) is 0.364. The van der Waals surface area contributed by atoms with Crippen molar-refractivity contribution in [3.8, 4) is 5.75 Å². The molecule has 1 aromatic rings. The molecule has 17 heavy (non-hydrogen) atoms. The molecule has 1 saturated heterocycles. The zero-order valence-corrected chi connectivity index (χ0v) is 9.87. The highest BCUT2D eigenvalue weighted by Crippen LogP contribution is 2.25. The van der Waals surface area contributed by atoms with Gasteiger partial charge >= 0.3 is 6.09 Å². The number of nitrogens with one attached hydrogen (secondary N) is 1. The van der Waals surface area contributed by atoms with Crippen molar-refractivity contribution in [2.75, 3.05) is 13.2 Å². The number of benzene rings is 1. The van der Waals surface area contributed by atoms with E-state index in [-0.39, 0.29) is 12.7 Å². The van der Waals surface area contributed by atoms with Crippen LogP contribution in [0.5, 0.6) is 5.75 Å². The molecule has 1 aliphatic heterocycles. The molecular weight excluding hydrogens is 244 g/mol. The lowest BCUT2D eigenvalue weighted by molar-refractivity contribution is 0.105. The number of amides is 1.